The van der Waals surface area contributed by atoms with Crippen molar-refractivity contribution >= 4 is 0 Å². The first-order valence-corrected chi connectivity index (χ1v) is 4.83. The van der Waals surface area contributed by atoms with Crippen LogP contribution in [0.5, 0.6) is 0 Å². The molecule has 1 rings (SSSR count). The highest BCUT2D eigenvalue weighted by molar-refractivity contribution is 5.19. The van der Waals surface area contributed by atoms with E-state index in [-0.39, 0.29) is 0 Å². The second-order valence-corrected chi connectivity index (χ2v) is 3.27. The maximum absolute atomic E-state index is 5.70. The Morgan fingerprint density at radius 2 is 1.77 bits per heavy atom. The maximum Gasteiger partial charge on any atom is -0.000823 e. The molecule has 4 N–H and O–H groups in total. The lowest BCUT2D eigenvalue weighted by Crippen LogP contribution is -2.14. The molecule has 1 aromatic carbocycles. The summed E-state index contributed by atoms with van der Waals surface area (Å²) in [5.41, 5.74) is 12.5. The highest BCUT2D eigenvalue weighted by Crippen LogP contribution is 2.18. The van der Waals surface area contributed by atoms with Crippen LogP contribution in [0.15, 0.2) is 30.3 Å². The molecule has 0 spiro atoms. The Morgan fingerprint density at radius 1 is 1.08 bits per heavy atom. The molecule has 72 valence electrons. The number of hydrogen-bond donors (Lipinski definition) is 2. The molecule has 0 bridgehead atoms. The largest absolute Gasteiger partial charge is 0.330 e. The van der Waals surface area contributed by atoms with E-state index in [1.165, 1.54) is 5.56 Å². The van der Waals surface area contributed by atoms with E-state index in [1.54, 1.807) is 0 Å². The van der Waals surface area contributed by atoms with Gasteiger partial charge in [-0.15, -0.1) is 0 Å². The minimum Gasteiger partial charge on any atom is -0.330 e. The predicted molar refractivity (Wildman–Crippen MR) is 56.5 cm³/mol. The Kier molecular flexibility index (Phi) is 4.50. The van der Waals surface area contributed by atoms with Crippen molar-refractivity contribution in [1.29, 1.82) is 0 Å². The molecular weight excluding hydrogens is 160 g/mol. The fourth-order valence-corrected chi connectivity index (χ4v) is 1.51. The number of benzene rings is 1. The summed E-state index contributed by atoms with van der Waals surface area (Å²) in [7, 11) is 0. The molecule has 0 heterocycles. The normalized spacial score (nSPS) is 12.8. The van der Waals surface area contributed by atoms with Gasteiger partial charge in [-0.3, -0.25) is 0 Å². The zero-order chi connectivity index (χ0) is 9.52. The molecule has 0 aliphatic heterocycles. The topological polar surface area (TPSA) is 52.0 Å². The van der Waals surface area contributed by atoms with Crippen molar-refractivity contribution in [1.82, 2.24) is 0 Å². The van der Waals surface area contributed by atoms with Crippen molar-refractivity contribution in [2.75, 3.05) is 13.1 Å². The Labute approximate surface area is 79.9 Å². The minimum atomic E-state index is 0.477. The molecule has 1 atom stereocenters. The molecule has 0 aliphatic carbocycles. The van der Waals surface area contributed by atoms with Gasteiger partial charge in [0.05, 0.1) is 0 Å². The van der Waals surface area contributed by atoms with Crippen LogP contribution in [0.1, 0.15) is 24.3 Å². The fourth-order valence-electron chi connectivity index (χ4n) is 1.51. The van der Waals surface area contributed by atoms with Gasteiger partial charge in [-0.2, -0.15) is 0 Å². The monoisotopic (exact) mass is 178 g/mol. The van der Waals surface area contributed by atoms with Crippen LogP contribution in [-0.4, -0.2) is 13.1 Å². The first-order valence-electron chi connectivity index (χ1n) is 4.83. The Balaban J connectivity index is 2.56. The predicted octanol–water partition coefficient (Wildman–Crippen LogP) is 1.47. The van der Waals surface area contributed by atoms with Crippen LogP contribution in [0.2, 0.25) is 0 Å². The van der Waals surface area contributed by atoms with E-state index in [2.05, 4.69) is 24.3 Å². The van der Waals surface area contributed by atoms with Crippen LogP contribution in [-0.2, 0) is 0 Å². The molecule has 0 radical (unpaired) electrons. The molecule has 0 aromatic heterocycles. The van der Waals surface area contributed by atoms with Crippen LogP contribution >= 0.6 is 0 Å². The van der Waals surface area contributed by atoms with Gasteiger partial charge in [-0.25, -0.2) is 0 Å². The van der Waals surface area contributed by atoms with E-state index >= 15 is 0 Å². The summed E-state index contributed by atoms with van der Waals surface area (Å²) < 4.78 is 0. The highest BCUT2D eigenvalue weighted by atomic mass is 14.6. The van der Waals surface area contributed by atoms with Crippen molar-refractivity contribution in [3.8, 4) is 0 Å². The van der Waals surface area contributed by atoms with Gasteiger partial charge in [0.25, 0.3) is 0 Å². The summed E-state index contributed by atoms with van der Waals surface area (Å²) in [6.45, 7) is 1.47. The van der Waals surface area contributed by atoms with Gasteiger partial charge in [-0.05, 0) is 37.4 Å². The van der Waals surface area contributed by atoms with Gasteiger partial charge < -0.3 is 11.5 Å². The van der Waals surface area contributed by atoms with E-state index < -0.39 is 0 Å². The molecule has 2 nitrogen and oxygen atoms in total. The molecular formula is C11H18N2. The summed E-state index contributed by atoms with van der Waals surface area (Å²) in [6, 6.07) is 10.4. The average Bonchev–Trinajstić information content (AvgIpc) is 2.21. The lowest BCUT2D eigenvalue weighted by Gasteiger charge is -2.14. The van der Waals surface area contributed by atoms with Crippen LogP contribution < -0.4 is 11.5 Å². The standard InChI is InChI=1S/C11H18N2/c12-8-4-7-11(9-13)10-5-2-1-3-6-10/h1-3,5-6,11H,4,7-9,12-13H2. The number of hydrogen-bond acceptors (Lipinski definition) is 2. The second-order valence-electron chi connectivity index (χ2n) is 3.27. The molecule has 2 heteroatoms. The van der Waals surface area contributed by atoms with E-state index in [0.29, 0.717) is 12.5 Å². The van der Waals surface area contributed by atoms with E-state index in [4.69, 9.17) is 11.5 Å². The zero-order valence-corrected chi connectivity index (χ0v) is 7.95. The molecule has 13 heavy (non-hydrogen) atoms. The summed E-state index contributed by atoms with van der Waals surface area (Å²) >= 11 is 0. The summed E-state index contributed by atoms with van der Waals surface area (Å²) in [5.74, 6) is 0.477. The Bertz CT molecular complexity index is 221. The van der Waals surface area contributed by atoms with Crippen LogP contribution in [0.25, 0.3) is 0 Å². The van der Waals surface area contributed by atoms with Crippen molar-refractivity contribution < 1.29 is 0 Å². The SMILES string of the molecule is NCCCC(CN)c1ccccc1. The van der Waals surface area contributed by atoms with Crippen molar-refractivity contribution in [2.45, 2.75) is 18.8 Å². The van der Waals surface area contributed by atoms with E-state index in [0.717, 1.165) is 19.4 Å². The molecule has 0 aliphatic rings. The zero-order valence-electron chi connectivity index (χ0n) is 7.95. The van der Waals surface area contributed by atoms with E-state index in [1.807, 2.05) is 6.07 Å². The smallest absolute Gasteiger partial charge is 0.000823 e. The van der Waals surface area contributed by atoms with Gasteiger partial charge >= 0.3 is 0 Å². The first-order chi connectivity index (χ1) is 6.38. The average molecular weight is 178 g/mol. The van der Waals surface area contributed by atoms with Crippen molar-refractivity contribution in [2.24, 2.45) is 11.5 Å². The Morgan fingerprint density at radius 3 is 2.31 bits per heavy atom. The molecule has 1 aromatic rings. The summed E-state index contributed by atoms with van der Waals surface area (Å²) in [6.07, 6.45) is 2.15. The van der Waals surface area contributed by atoms with Crippen LogP contribution in [0.4, 0.5) is 0 Å². The van der Waals surface area contributed by atoms with Gasteiger partial charge in [0.15, 0.2) is 0 Å². The van der Waals surface area contributed by atoms with Gasteiger partial charge in [0.1, 0.15) is 0 Å². The number of rotatable bonds is 5. The number of nitrogens with two attached hydrogens (primary N) is 2. The van der Waals surface area contributed by atoms with Gasteiger partial charge in [0, 0.05) is 0 Å². The Hall–Kier alpha value is -0.860. The third-order valence-corrected chi connectivity index (χ3v) is 2.31. The third-order valence-electron chi connectivity index (χ3n) is 2.31. The quantitative estimate of drug-likeness (QED) is 0.717. The lowest BCUT2D eigenvalue weighted by molar-refractivity contribution is 0.605. The summed E-state index contributed by atoms with van der Waals surface area (Å²) in [4.78, 5) is 0. The molecule has 0 fully saturated rings. The minimum absolute atomic E-state index is 0.477. The van der Waals surface area contributed by atoms with Gasteiger partial charge in [0.2, 0.25) is 0 Å². The van der Waals surface area contributed by atoms with Crippen LogP contribution in [0.3, 0.4) is 0 Å². The molecule has 0 amide bonds. The molecule has 0 saturated carbocycles. The molecule has 0 saturated heterocycles. The van der Waals surface area contributed by atoms with Gasteiger partial charge in [-0.1, -0.05) is 30.3 Å². The fraction of sp³-hybridized carbons (Fsp3) is 0.455. The summed E-state index contributed by atoms with van der Waals surface area (Å²) in [5, 5.41) is 0. The third kappa shape index (κ3) is 3.17. The van der Waals surface area contributed by atoms with Crippen molar-refractivity contribution in [3.63, 3.8) is 0 Å². The highest BCUT2D eigenvalue weighted by Gasteiger charge is 2.07. The van der Waals surface area contributed by atoms with E-state index in [9.17, 15) is 0 Å². The first kappa shape index (κ1) is 10.2. The second kappa shape index (κ2) is 5.73. The lowest BCUT2D eigenvalue weighted by atomic mass is 9.94. The maximum atomic E-state index is 5.70. The van der Waals surface area contributed by atoms with Crippen LogP contribution in [0, 0.1) is 0 Å². The molecule has 1 unspecified atom stereocenters. The van der Waals surface area contributed by atoms with Crippen molar-refractivity contribution in [3.05, 3.63) is 35.9 Å².